The molecule has 32 heavy (non-hydrogen) atoms. The zero-order valence-electron chi connectivity index (χ0n) is 18.5. The van der Waals surface area contributed by atoms with Crippen LogP contribution in [-0.4, -0.2) is 52.8 Å². The summed E-state index contributed by atoms with van der Waals surface area (Å²) in [5.41, 5.74) is 3.48. The van der Waals surface area contributed by atoms with Crippen LogP contribution in [0.4, 0.5) is 0 Å². The minimum atomic E-state index is -0.0902. The number of amides is 1. The molecule has 0 aliphatic carbocycles. The zero-order chi connectivity index (χ0) is 22.3. The number of pyridine rings is 1. The van der Waals surface area contributed by atoms with Gasteiger partial charge in [-0.05, 0) is 37.5 Å². The SMILES string of the molecule is COc1cc(C(=O)N2CCC(c3ccc(C)nn3)CC2)ncc1OCCc1ccccc1. The fourth-order valence-corrected chi connectivity index (χ4v) is 3.90. The van der Waals surface area contributed by atoms with Crippen molar-refractivity contribution in [1.29, 1.82) is 0 Å². The van der Waals surface area contributed by atoms with Crippen molar-refractivity contribution < 1.29 is 14.3 Å². The van der Waals surface area contributed by atoms with Crippen LogP contribution in [0.25, 0.3) is 0 Å². The molecule has 1 aromatic carbocycles. The van der Waals surface area contributed by atoms with Gasteiger partial charge in [-0.1, -0.05) is 30.3 Å². The summed E-state index contributed by atoms with van der Waals surface area (Å²) in [7, 11) is 1.57. The van der Waals surface area contributed by atoms with Gasteiger partial charge in [0.25, 0.3) is 5.91 Å². The summed E-state index contributed by atoms with van der Waals surface area (Å²) in [6, 6.07) is 15.8. The van der Waals surface area contributed by atoms with Crippen molar-refractivity contribution in [2.24, 2.45) is 0 Å². The van der Waals surface area contributed by atoms with Crippen molar-refractivity contribution in [3.8, 4) is 11.5 Å². The third-order valence-corrected chi connectivity index (χ3v) is 5.78. The van der Waals surface area contributed by atoms with Crippen molar-refractivity contribution in [3.63, 3.8) is 0 Å². The van der Waals surface area contributed by atoms with E-state index in [1.165, 1.54) is 5.56 Å². The van der Waals surface area contributed by atoms with Gasteiger partial charge in [-0.15, -0.1) is 0 Å². The summed E-state index contributed by atoms with van der Waals surface area (Å²) in [5, 5.41) is 8.47. The van der Waals surface area contributed by atoms with E-state index in [0.717, 1.165) is 30.7 Å². The molecule has 0 radical (unpaired) electrons. The van der Waals surface area contributed by atoms with Crippen molar-refractivity contribution in [2.75, 3.05) is 26.8 Å². The number of aryl methyl sites for hydroxylation is 1. The maximum absolute atomic E-state index is 13.0. The summed E-state index contributed by atoms with van der Waals surface area (Å²) in [5.74, 6) is 1.29. The van der Waals surface area contributed by atoms with E-state index in [0.29, 0.717) is 42.8 Å². The highest BCUT2D eigenvalue weighted by atomic mass is 16.5. The third kappa shape index (κ3) is 5.22. The lowest BCUT2D eigenvalue weighted by molar-refractivity contribution is 0.0705. The average Bonchev–Trinajstić information content (AvgIpc) is 2.85. The summed E-state index contributed by atoms with van der Waals surface area (Å²) in [4.78, 5) is 19.2. The number of nitrogens with zero attached hydrogens (tertiary/aromatic N) is 4. The number of ether oxygens (including phenoxy) is 2. The number of carbonyl (C=O) groups is 1. The van der Waals surface area contributed by atoms with E-state index < -0.39 is 0 Å². The Labute approximate surface area is 188 Å². The summed E-state index contributed by atoms with van der Waals surface area (Å²) in [6.45, 7) is 3.76. The second-order valence-corrected chi connectivity index (χ2v) is 7.97. The maximum Gasteiger partial charge on any atom is 0.272 e. The molecule has 1 amide bonds. The first-order valence-electron chi connectivity index (χ1n) is 10.9. The number of rotatable bonds is 7. The lowest BCUT2D eigenvalue weighted by Crippen LogP contribution is -2.38. The predicted octanol–water partition coefficient (Wildman–Crippen LogP) is 3.83. The Bertz CT molecular complexity index is 1030. The quantitative estimate of drug-likeness (QED) is 0.565. The molecule has 3 heterocycles. The number of likely N-dealkylation sites (tertiary alicyclic amines) is 1. The number of methoxy groups -OCH3 is 1. The fourth-order valence-electron chi connectivity index (χ4n) is 3.90. The second kappa shape index (κ2) is 10.2. The third-order valence-electron chi connectivity index (χ3n) is 5.78. The summed E-state index contributed by atoms with van der Waals surface area (Å²) >= 11 is 0. The highest BCUT2D eigenvalue weighted by molar-refractivity contribution is 5.93. The van der Waals surface area contributed by atoms with Gasteiger partial charge in [0.2, 0.25) is 0 Å². The molecule has 4 rings (SSSR count). The van der Waals surface area contributed by atoms with Crippen molar-refractivity contribution in [3.05, 3.63) is 77.4 Å². The topological polar surface area (TPSA) is 77.4 Å². The predicted molar refractivity (Wildman–Crippen MR) is 121 cm³/mol. The standard InChI is InChI=1S/C25H28N4O3/c1-18-8-9-21(28-27-18)20-10-13-29(14-11-20)25(30)22-16-23(31-2)24(17-26-22)32-15-12-19-6-4-3-5-7-19/h3-9,16-17,20H,10-15H2,1-2H3. The van der Waals surface area contributed by atoms with Crippen LogP contribution in [0.1, 0.15) is 46.2 Å². The van der Waals surface area contributed by atoms with E-state index in [-0.39, 0.29) is 5.91 Å². The lowest BCUT2D eigenvalue weighted by atomic mass is 9.93. The fraction of sp³-hybridized carbons (Fsp3) is 0.360. The number of carbonyl (C=O) groups excluding carboxylic acids is 1. The van der Waals surface area contributed by atoms with Gasteiger partial charge in [-0.3, -0.25) is 4.79 Å². The van der Waals surface area contributed by atoms with E-state index in [1.807, 2.05) is 42.2 Å². The summed E-state index contributed by atoms with van der Waals surface area (Å²) < 4.78 is 11.3. The molecule has 2 aromatic heterocycles. The van der Waals surface area contributed by atoms with Gasteiger partial charge < -0.3 is 14.4 Å². The van der Waals surface area contributed by atoms with E-state index in [2.05, 4.69) is 27.3 Å². The Hall–Kier alpha value is -3.48. The number of aromatic nitrogens is 3. The molecule has 1 aliphatic rings. The Morgan fingerprint density at radius 1 is 1.06 bits per heavy atom. The van der Waals surface area contributed by atoms with Gasteiger partial charge in [0, 0.05) is 31.5 Å². The molecule has 0 N–H and O–H groups in total. The van der Waals surface area contributed by atoms with Gasteiger partial charge >= 0.3 is 0 Å². The highest BCUT2D eigenvalue weighted by Gasteiger charge is 2.26. The Morgan fingerprint density at radius 2 is 1.84 bits per heavy atom. The Morgan fingerprint density at radius 3 is 2.53 bits per heavy atom. The molecular weight excluding hydrogens is 404 g/mol. The van der Waals surface area contributed by atoms with Crippen LogP contribution in [0, 0.1) is 6.92 Å². The minimum absolute atomic E-state index is 0.0902. The van der Waals surface area contributed by atoms with Crippen molar-refractivity contribution in [2.45, 2.75) is 32.1 Å². The van der Waals surface area contributed by atoms with Crippen molar-refractivity contribution >= 4 is 5.91 Å². The van der Waals surface area contributed by atoms with E-state index in [1.54, 1.807) is 19.4 Å². The van der Waals surface area contributed by atoms with Gasteiger partial charge in [-0.2, -0.15) is 10.2 Å². The largest absolute Gasteiger partial charge is 0.493 e. The van der Waals surface area contributed by atoms with Gasteiger partial charge in [0.15, 0.2) is 11.5 Å². The number of hydrogen-bond acceptors (Lipinski definition) is 6. The molecule has 0 bridgehead atoms. The van der Waals surface area contributed by atoms with E-state index in [9.17, 15) is 4.79 Å². The van der Waals surface area contributed by atoms with Crippen LogP contribution < -0.4 is 9.47 Å². The molecule has 3 aromatic rings. The first-order chi connectivity index (χ1) is 15.6. The maximum atomic E-state index is 13.0. The summed E-state index contributed by atoms with van der Waals surface area (Å²) in [6.07, 6.45) is 4.08. The molecule has 1 fully saturated rings. The van der Waals surface area contributed by atoms with Crippen LogP contribution in [0.15, 0.2) is 54.7 Å². The monoisotopic (exact) mass is 432 g/mol. The van der Waals surface area contributed by atoms with Crippen LogP contribution in [-0.2, 0) is 6.42 Å². The molecule has 0 saturated carbocycles. The molecular formula is C25H28N4O3. The second-order valence-electron chi connectivity index (χ2n) is 7.97. The number of hydrogen-bond donors (Lipinski definition) is 0. The van der Waals surface area contributed by atoms with Gasteiger partial charge in [0.05, 0.1) is 31.3 Å². The minimum Gasteiger partial charge on any atom is -0.493 e. The van der Waals surface area contributed by atoms with Gasteiger partial charge in [0.1, 0.15) is 5.69 Å². The van der Waals surface area contributed by atoms with Crippen LogP contribution >= 0.6 is 0 Å². The average molecular weight is 433 g/mol. The molecule has 7 nitrogen and oxygen atoms in total. The van der Waals surface area contributed by atoms with Crippen LogP contribution in [0.3, 0.4) is 0 Å². The van der Waals surface area contributed by atoms with Gasteiger partial charge in [-0.25, -0.2) is 4.98 Å². The molecule has 0 atom stereocenters. The lowest BCUT2D eigenvalue weighted by Gasteiger charge is -2.31. The number of piperidine rings is 1. The molecule has 166 valence electrons. The molecule has 1 saturated heterocycles. The molecule has 1 aliphatic heterocycles. The molecule has 7 heteroatoms. The van der Waals surface area contributed by atoms with E-state index >= 15 is 0 Å². The molecule has 0 spiro atoms. The molecule has 0 unspecified atom stereocenters. The first kappa shape index (κ1) is 21.7. The normalized spacial score (nSPS) is 14.2. The Kier molecular flexibility index (Phi) is 6.94. The van der Waals surface area contributed by atoms with Crippen LogP contribution in [0.5, 0.6) is 11.5 Å². The number of benzene rings is 1. The first-order valence-corrected chi connectivity index (χ1v) is 10.9. The smallest absolute Gasteiger partial charge is 0.272 e. The Balaban J connectivity index is 1.35. The zero-order valence-corrected chi connectivity index (χ0v) is 18.5. The highest BCUT2D eigenvalue weighted by Crippen LogP contribution is 2.29. The van der Waals surface area contributed by atoms with Crippen molar-refractivity contribution in [1.82, 2.24) is 20.1 Å². The van der Waals surface area contributed by atoms with E-state index in [4.69, 9.17) is 9.47 Å². The van der Waals surface area contributed by atoms with Crippen LogP contribution in [0.2, 0.25) is 0 Å².